The molecule has 0 aliphatic heterocycles. The summed E-state index contributed by atoms with van der Waals surface area (Å²) in [5, 5.41) is 12.5. The fourth-order valence-electron chi connectivity index (χ4n) is 1.28. The van der Waals surface area contributed by atoms with Gasteiger partial charge >= 0.3 is 5.97 Å². The van der Waals surface area contributed by atoms with Crippen LogP contribution in [0.2, 0.25) is 5.02 Å². The van der Waals surface area contributed by atoms with E-state index in [-0.39, 0.29) is 12.5 Å². The van der Waals surface area contributed by atoms with Crippen LogP contribution in [0.15, 0.2) is 18.2 Å². The van der Waals surface area contributed by atoms with Gasteiger partial charge in [0.05, 0.1) is 0 Å². The average Bonchev–Trinajstić information content (AvgIpc) is 2.19. The maximum Gasteiger partial charge on any atom is 0.303 e. The molecule has 0 heterocycles. The van der Waals surface area contributed by atoms with Crippen molar-refractivity contribution < 1.29 is 9.90 Å². The van der Waals surface area contributed by atoms with E-state index in [9.17, 15) is 4.79 Å². The number of halogens is 2. The van der Waals surface area contributed by atoms with E-state index in [4.69, 9.17) is 16.7 Å². The van der Waals surface area contributed by atoms with Crippen molar-refractivity contribution in [3.63, 3.8) is 0 Å². The van der Waals surface area contributed by atoms with E-state index in [0.717, 1.165) is 9.26 Å². The predicted octanol–water partition coefficient (Wildman–Crippen LogP) is 3.61. The number of nitrogens with one attached hydrogen (secondary N) is 1. The van der Waals surface area contributed by atoms with Crippen molar-refractivity contribution in [1.29, 1.82) is 0 Å². The highest BCUT2D eigenvalue weighted by Crippen LogP contribution is 2.23. The number of hydrogen-bond acceptors (Lipinski definition) is 2. The van der Waals surface area contributed by atoms with Crippen LogP contribution in [0.3, 0.4) is 0 Å². The first-order valence-electron chi connectivity index (χ1n) is 4.92. The zero-order chi connectivity index (χ0) is 12.1. The first-order valence-corrected chi connectivity index (χ1v) is 6.38. The van der Waals surface area contributed by atoms with Crippen molar-refractivity contribution in [2.24, 2.45) is 0 Å². The summed E-state index contributed by atoms with van der Waals surface area (Å²) < 4.78 is 1.03. The number of carboxylic acids is 1. The molecule has 0 aliphatic rings. The number of aliphatic carboxylic acids is 1. The summed E-state index contributed by atoms with van der Waals surface area (Å²) in [7, 11) is 0. The zero-order valence-electron chi connectivity index (χ0n) is 8.84. The molecule has 1 rings (SSSR count). The number of carboxylic acid groups (broad SMARTS) is 1. The van der Waals surface area contributed by atoms with Gasteiger partial charge in [-0.05, 0) is 54.1 Å². The summed E-state index contributed by atoms with van der Waals surface area (Å²) in [6, 6.07) is 5.72. The van der Waals surface area contributed by atoms with Crippen molar-refractivity contribution in [3.8, 4) is 0 Å². The third kappa shape index (κ3) is 4.57. The Labute approximate surface area is 113 Å². The molecule has 1 aromatic rings. The fourth-order valence-corrected chi connectivity index (χ4v) is 2.31. The molecule has 2 N–H and O–H groups in total. The van der Waals surface area contributed by atoms with E-state index in [2.05, 4.69) is 27.9 Å². The normalized spacial score (nSPS) is 12.2. The molecule has 1 unspecified atom stereocenters. The largest absolute Gasteiger partial charge is 0.481 e. The molecule has 0 amide bonds. The molecule has 0 saturated carbocycles. The van der Waals surface area contributed by atoms with E-state index in [0.29, 0.717) is 11.4 Å². The van der Waals surface area contributed by atoms with Crippen molar-refractivity contribution in [3.05, 3.63) is 26.8 Å². The van der Waals surface area contributed by atoms with E-state index >= 15 is 0 Å². The molecular weight excluding hydrogens is 340 g/mol. The second-order valence-corrected chi connectivity index (χ2v) is 5.20. The summed E-state index contributed by atoms with van der Waals surface area (Å²) in [6.45, 7) is 1.97. The molecule has 1 atom stereocenters. The van der Waals surface area contributed by atoms with Gasteiger partial charge in [0, 0.05) is 26.7 Å². The number of benzene rings is 1. The van der Waals surface area contributed by atoms with Gasteiger partial charge in [-0.25, -0.2) is 0 Å². The van der Waals surface area contributed by atoms with E-state index < -0.39 is 5.97 Å². The molecular formula is C11H13ClINO2. The van der Waals surface area contributed by atoms with Crippen molar-refractivity contribution >= 4 is 45.8 Å². The van der Waals surface area contributed by atoms with Crippen molar-refractivity contribution in [1.82, 2.24) is 0 Å². The Balaban J connectivity index is 2.55. The van der Waals surface area contributed by atoms with Gasteiger partial charge in [-0.3, -0.25) is 4.79 Å². The molecule has 0 aromatic heterocycles. The van der Waals surface area contributed by atoms with Gasteiger partial charge in [0.15, 0.2) is 0 Å². The molecule has 88 valence electrons. The Hall–Kier alpha value is -0.490. The van der Waals surface area contributed by atoms with Gasteiger partial charge in [0.2, 0.25) is 0 Å². The van der Waals surface area contributed by atoms with Crippen LogP contribution in [0.1, 0.15) is 19.8 Å². The number of hydrogen-bond donors (Lipinski definition) is 2. The minimum Gasteiger partial charge on any atom is -0.481 e. The third-order valence-corrected chi connectivity index (χ3v) is 3.25. The molecule has 0 spiro atoms. The lowest BCUT2D eigenvalue weighted by molar-refractivity contribution is -0.137. The smallest absolute Gasteiger partial charge is 0.303 e. The van der Waals surface area contributed by atoms with Crippen LogP contribution >= 0.6 is 34.2 Å². The lowest BCUT2D eigenvalue weighted by atomic mass is 10.1. The van der Waals surface area contributed by atoms with Crippen LogP contribution in [0.4, 0.5) is 5.69 Å². The molecule has 1 aromatic carbocycles. The third-order valence-electron chi connectivity index (χ3n) is 2.12. The van der Waals surface area contributed by atoms with Crippen LogP contribution in [0.5, 0.6) is 0 Å². The molecule has 5 heteroatoms. The van der Waals surface area contributed by atoms with Crippen LogP contribution in [-0.2, 0) is 4.79 Å². The SMILES string of the molecule is CC(CCC(=O)O)Nc1ccc(Cl)cc1I. The van der Waals surface area contributed by atoms with Gasteiger partial charge in [0.25, 0.3) is 0 Å². The topological polar surface area (TPSA) is 49.3 Å². The van der Waals surface area contributed by atoms with Crippen LogP contribution in [-0.4, -0.2) is 17.1 Å². The second kappa shape index (κ2) is 6.30. The van der Waals surface area contributed by atoms with Gasteiger partial charge in [-0.15, -0.1) is 0 Å². The minimum atomic E-state index is -0.764. The molecule has 0 bridgehead atoms. The highest BCUT2D eigenvalue weighted by atomic mass is 127. The number of rotatable bonds is 5. The first-order chi connectivity index (χ1) is 7.49. The summed E-state index contributed by atoms with van der Waals surface area (Å²) in [5.74, 6) is -0.764. The standard InChI is InChI=1S/C11H13ClINO2/c1-7(2-5-11(15)16)14-10-4-3-8(12)6-9(10)13/h3-4,6-7,14H,2,5H2,1H3,(H,15,16). The number of anilines is 1. The highest BCUT2D eigenvalue weighted by molar-refractivity contribution is 14.1. The van der Waals surface area contributed by atoms with E-state index in [1.807, 2.05) is 25.1 Å². The van der Waals surface area contributed by atoms with E-state index in [1.54, 1.807) is 0 Å². The van der Waals surface area contributed by atoms with Crippen molar-refractivity contribution in [2.75, 3.05) is 5.32 Å². The molecule has 0 fully saturated rings. The van der Waals surface area contributed by atoms with E-state index in [1.165, 1.54) is 0 Å². The van der Waals surface area contributed by atoms with Gasteiger partial charge in [-0.1, -0.05) is 11.6 Å². The summed E-state index contributed by atoms with van der Waals surface area (Å²) in [6.07, 6.45) is 0.784. The molecule has 3 nitrogen and oxygen atoms in total. The van der Waals surface area contributed by atoms with Crippen LogP contribution in [0, 0.1) is 3.57 Å². The Morgan fingerprint density at radius 1 is 1.62 bits per heavy atom. The Morgan fingerprint density at radius 2 is 2.31 bits per heavy atom. The first kappa shape index (κ1) is 13.6. The van der Waals surface area contributed by atoms with Crippen LogP contribution < -0.4 is 5.32 Å². The van der Waals surface area contributed by atoms with Crippen LogP contribution in [0.25, 0.3) is 0 Å². The summed E-state index contributed by atoms with van der Waals surface area (Å²) in [5.41, 5.74) is 0.989. The number of carbonyl (C=O) groups is 1. The Morgan fingerprint density at radius 3 is 2.88 bits per heavy atom. The molecule has 0 aliphatic carbocycles. The quantitative estimate of drug-likeness (QED) is 0.795. The second-order valence-electron chi connectivity index (χ2n) is 3.60. The predicted molar refractivity (Wildman–Crippen MR) is 74.1 cm³/mol. The molecule has 16 heavy (non-hydrogen) atoms. The summed E-state index contributed by atoms with van der Waals surface area (Å²) >= 11 is 8.04. The highest BCUT2D eigenvalue weighted by Gasteiger charge is 2.07. The lowest BCUT2D eigenvalue weighted by Gasteiger charge is -2.15. The van der Waals surface area contributed by atoms with Crippen molar-refractivity contribution in [2.45, 2.75) is 25.8 Å². The lowest BCUT2D eigenvalue weighted by Crippen LogP contribution is -2.17. The maximum atomic E-state index is 10.4. The molecule has 0 radical (unpaired) electrons. The average molecular weight is 354 g/mol. The van der Waals surface area contributed by atoms with Gasteiger partial charge in [-0.2, -0.15) is 0 Å². The Bertz CT molecular complexity index is 384. The van der Waals surface area contributed by atoms with Gasteiger partial charge < -0.3 is 10.4 Å². The Kier molecular flexibility index (Phi) is 5.34. The zero-order valence-corrected chi connectivity index (χ0v) is 11.7. The monoisotopic (exact) mass is 353 g/mol. The fraction of sp³-hybridized carbons (Fsp3) is 0.364. The minimum absolute atomic E-state index is 0.130. The summed E-state index contributed by atoms with van der Waals surface area (Å²) in [4.78, 5) is 10.4. The maximum absolute atomic E-state index is 10.4. The molecule has 0 saturated heterocycles. The van der Waals surface area contributed by atoms with Gasteiger partial charge in [0.1, 0.15) is 0 Å².